The van der Waals surface area contributed by atoms with Crippen molar-refractivity contribution in [1.29, 1.82) is 0 Å². The van der Waals surface area contributed by atoms with Crippen molar-refractivity contribution in [1.82, 2.24) is 24.4 Å². The van der Waals surface area contributed by atoms with Gasteiger partial charge in [-0.3, -0.25) is 4.79 Å². The third kappa shape index (κ3) is 4.11. The number of nitrogens with zero attached hydrogens (tertiary/aromatic N) is 5. The third-order valence-corrected chi connectivity index (χ3v) is 7.19. The summed E-state index contributed by atoms with van der Waals surface area (Å²) in [6.45, 7) is 4.14. The summed E-state index contributed by atoms with van der Waals surface area (Å²) in [5.74, 6) is 1.12. The number of thiazole rings is 1. The fourth-order valence-corrected chi connectivity index (χ4v) is 5.22. The van der Waals surface area contributed by atoms with Crippen LogP contribution in [-0.4, -0.2) is 31.5 Å². The minimum atomic E-state index is -0.215. The van der Waals surface area contributed by atoms with Crippen LogP contribution in [0.1, 0.15) is 16.7 Å². The van der Waals surface area contributed by atoms with E-state index in [2.05, 4.69) is 42.1 Å². The van der Waals surface area contributed by atoms with E-state index in [1.165, 1.54) is 15.9 Å². The predicted octanol–water partition coefficient (Wildman–Crippen LogP) is 4.84. The lowest BCUT2D eigenvalue weighted by molar-refractivity contribution is 0.416. The normalized spacial score (nSPS) is 11.9. The van der Waals surface area contributed by atoms with Crippen LogP contribution in [0.25, 0.3) is 39.4 Å². The Hall–Kier alpha value is -4.56. The number of rotatable bonds is 5. The van der Waals surface area contributed by atoms with E-state index in [0.717, 1.165) is 39.2 Å². The van der Waals surface area contributed by atoms with Crippen molar-refractivity contribution in [3.05, 3.63) is 111 Å². The number of fused-ring (bicyclic) bond motifs is 1. The van der Waals surface area contributed by atoms with Crippen LogP contribution in [0.3, 0.4) is 0 Å². The summed E-state index contributed by atoms with van der Waals surface area (Å²) in [7, 11) is 1.60. The number of aryl methyl sites for hydroxylation is 2. The van der Waals surface area contributed by atoms with E-state index < -0.39 is 0 Å². The van der Waals surface area contributed by atoms with Gasteiger partial charge in [-0.05, 0) is 55.8 Å². The molecule has 37 heavy (non-hydrogen) atoms. The Kier molecular flexibility index (Phi) is 5.65. The van der Waals surface area contributed by atoms with Crippen molar-refractivity contribution in [3.63, 3.8) is 0 Å². The molecule has 7 nitrogen and oxygen atoms in total. The van der Waals surface area contributed by atoms with Crippen molar-refractivity contribution in [2.24, 2.45) is 0 Å². The van der Waals surface area contributed by atoms with Gasteiger partial charge in [0.15, 0.2) is 5.82 Å². The first kappa shape index (κ1) is 22.9. The number of hydrogen-bond acceptors (Lipinski definition) is 6. The van der Waals surface area contributed by atoms with Crippen molar-refractivity contribution in [2.45, 2.75) is 13.8 Å². The van der Waals surface area contributed by atoms with Gasteiger partial charge in [-0.25, -0.2) is 4.68 Å². The number of hydrogen-bond donors (Lipinski definition) is 0. The molecule has 3 heterocycles. The summed E-state index contributed by atoms with van der Waals surface area (Å²) in [5.41, 5.74) is 6.44. The number of methoxy groups -OCH3 is 1. The van der Waals surface area contributed by atoms with Crippen molar-refractivity contribution in [3.8, 4) is 34.1 Å². The zero-order chi connectivity index (χ0) is 25.5. The molecule has 0 aliphatic carbocycles. The van der Waals surface area contributed by atoms with Crippen LogP contribution in [0, 0.1) is 13.8 Å². The molecule has 0 atom stereocenters. The van der Waals surface area contributed by atoms with E-state index in [1.807, 2.05) is 71.6 Å². The molecular formula is C29H23N5O2S. The predicted molar refractivity (Wildman–Crippen MR) is 146 cm³/mol. The summed E-state index contributed by atoms with van der Waals surface area (Å²) in [6, 6.07) is 23.8. The highest BCUT2D eigenvalue weighted by atomic mass is 32.1. The van der Waals surface area contributed by atoms with Crippen LogP contribution in [0.15, 0.2) is 83.8 Å². The molecule has 0 saturated carbocycles. The van der Waals surface area contributed by atoms with Crippen molar-refractivity contribution in [2.75, 3.05) is 7.11 Å². The molecule has 0 fully saturated rings. The van der Waals surface area contributed by atoms with Gasteiger partial charge in [0.25, 0.3) is 5.56 Å². The second kappa shape index (κ2) is 9.15. The summed E-state index contributed by atoms with van der Waals surface area (Å²) in [6.07, 6.45) is 3.84. The standard InChI is InChI=1S/C29H23N5O2S/c1-18-13-14-19(2)23(15-18)26-20(17-33(31-26)21-9-5-4-6-10-21)16-25-28(35)34-29(37-25)30-27(32-34)22-11-7-8-12-24(22)36-3/h4-17H,1-3H3/b25-16-. The van der Waals surface area contributed by atoms with Gasteiger partial charge in [0, 0.05) is 17.3 Å². The van der Waals surface area contributed by atoms with Gasteiger partial charge >= 0.3 is 0 Å². The fourth-order valence-electron chi connectivity index (χ4n) is 4.32. The average molecular weight is 506 g/mol. The first-order valence-corrected chi connectivity index (χ1v) is 12.6. The van der Waals surface area contributed by atoms with Gasteiger partial charge in [0.1, 0.15) is 11.4 Å². The van der Waals surface area contributed by atoms with E-state index in [0.29, 0.717) is 21.1 Å². The topological polar surface area (TPSA) is 74.3 Å². The minimum absolute atomic E-state index is 0.215. The first-order valence-electron chi connectivity index (χ1n) is 11.8. The lowest BCUT2D eigenvalue weighted by Crippen LogP contribution is -2.23. The molecule has 3 aromatic carbocycles. The van der Waals surface area contributed by atoms with E-state index in [4.69, 9.17) is 9.84 Å². The maximum Gasteiger partial charge on any atom is 0.291 e. The smallest absolute Gasteiger partial charge is 0.291 e. The Balaban J connectivity index is 1.51. The van der Waals surface area contributed by atoms with Crippen molar-refractivity contribution >= 4 is 22.4 Å². The molecule has 182 valence electrons. The summed E-state index contributed by atoms with van der Waals surface area (Å²) in [4.78, 5) is 18.5. The minimum Gasteiger partial charge on any atom is -0.496 e. The molecular weight excluding hydrogens is 482 g/mol. The zero-order valence-electron chi connectivity index (χ0n) is 20.5. The molecule has 0 spiro atoms. The highest BCUT2D eigenvalue weighted by Gasteiger charge is 2.17. The molecule has 6 rings (SSSR count). The largest absolute Gasteiger partial charge is 0.496 e. The van der Waals surface area contributed by atoms with Gasteiger partial charge in [-0.15, -0.1) is 5.10 Å². The van der Waals surface area contributed by atoms with E-state index in [-0.39, 0.29) is 5.56 Å². The number of aromatic nitrogens is 5. The van der Waals surface area contributed by atoms with Gasteiger partial charge in [0.05, 0.1) is 22.9 Å². The number of para-hydroxylation sites is 2. The Morgan fingerprint density at radius 3 is 2.49 bits per heavy atom. The van der Waals surface area contributed by atoms with Crippen LogP contribution >= 0.6 is 11.3 Å². The Bertz CT molecular complexity index is 1870. The maximum atomic E-state index is 13.4. The van der Waals surface area contributed by atoms with Gasteiger partial charge < -0.3 is 4.74 Å². The van der Waals surface area contributed by atoms with E-state index in [9.17, 15) is 4.79 Å². The highest BCUT2D eigenvalue weighted by Crippen LogP contribution is 2.29. The fraction of sp³-hybridized carbons (Fsp3) is 0.103. The summed E-state index contributed by atoms with van der Waals surface area (Å²) >= 11 is 1.31. The molecule has 0 amide bonds. The molecule has 8 heteroatoms. The monoisotopic (exact) mass is 505 g/mol. The third-order valence-electron chi connectivity index (χ3n) is 6.23. The lowest BCUT2D eigenvalue weighted by atomic mass is 10.0. The lowest BCUT2D eigenvalue weighted by Gasteiger charge is -2.05. The number of ether oxygens (including phenoxy) is 1. The molecule has 3 aromatic heterocycles. The molecule has 6 aromatic rings. The zero-order valence-corrected chi connectivity index (χ0v) is 21.4. The molecule has 0 N–H and O–H groups in total. The molecule has 0 unspecified atom stereocenters. The summed E-state index contributed by atoms with van der Waals surface area (Å²) in [5, 5.41) is 9.42. The molecule has 0 bridgehead atoms. The van der Waals surface area contributed by atoms with Crippen molar-refractivity contribution < 1.29 is 4.74 Å². The second-order valence-electron chi connectivity index (χ2n) is 8.78. The maximum absolute atomic E-state index is 13.4. The highest BCUT2D eigenvalue weighted by molar-refractivity contribution is 7.15. The second-order valence-corrected chi connectivity index (χ2v) is 9.79. The van der Waals surface area contributed by atoms with Gasteiger partial charge in [-0.2, -0.15) is 14.6 Å². The SMILES string of the molecule is COc1ccccc1-c1nc2s/c(=C\c3cn(-c4ccccc4)nc3-c3cc(C)ccc3C)c(=O)n2n1. The van der Waals surface area contributed by atoms with Crippen LogP contribution in [0.4, 0.5) is 0 Å². The van der Waals surface area contributed by atoms with Crippen LogP contribution < -0.4 is 14.8 Å². The van der Waals surface area contributed by atoms with Gasteiger partial charge in [-0.1, -0.05) is 59.4 Å². The van der Waals surface area contributed by atoms with E-state index >= 15 is 0 Å². The molecule has 0 radical (unpaired) electrons. The average Bonchev–Trinajstić information content (AvgIpc) is 3.61. The summed E-state index contributed by atoms with van der Waals surface area (Å²) < 4.78 is 9.19. The molecule has 0 aliphatic heterocycles. The Labute approximate surface area is 216 Å². The Morgan fingerprint density at radius 2 is 1.70 bits per heavy atom. The first-order chi connectivity index (χ1) is 18.0. The van der Waals surface area contributed by atoms with Crippen LogP contribution in [0.2, 0.25) is 0 Å². The van der Waals surface area contributed by atoms with Crippen LogP contribution in [0.5, 0.6) is 5.75 Å². The quantitative estimate of drug-likeness (QED) is 0.335. The van der Waals surface area contributed by atoms with Gasteiger partial charge in [0.2, 0.25) is 4.96 Å². The Morgan fingerprint density at radius 1 is 0.919 bits per heavy atom. The van der Waals surface area contributed by atoms with E-state index in [1.54, 1.807) is 7.11 Å². The number of benzene rings is 3. The van der Waals surface area contributed by atoms with Crippen LogP contribution in [-0.2, 0) is 0 Å². The molecule has 0 saturated heterocycles. The molecule has 0 aliphatic rings.